The van der Waals surface area contributed by atoms with Crippen molar-refractivity contribution in [2.75, 3.05) is 6.61 Å². The Morgan fingerprint density at radius 2 is 1.81 bits per heavy atom. The lowest BCUT2D eigenvalue weighted by atomic mass is 10.2. The molecule has 3 aromatic rings. The molecule has 6 heteroatoms. The number of carbonyl (C=O) groups excluding carboxylic acids is 1. The van der Waals surface area contributed by atoms with Gasteiger partial charge in [-0.3, -0.25) is 9.59 Å². The van der Waals surface area contributed by atoms with Gasteiger partial charge in [0.1, 0.15) is 11.5 Å². The molecule has 3 rings (SSSR count). The standard InChI is InChI=1S/C21H20N2O4/c1-15-10-19(24)20(13-22-15)26-14-21(25)23-12-16-6-5-9-18(11-16)27-17-7-3-2-4-8-17/h2-11,13H,12,14H2,1H3,(H,22,24)(H,23,25). The first-order valence-corrected chi connectivity index (χ1v) is 8.51. The maximum Gasteiger partial charge on any atom is 0.258 e. The third-order valence-corrected chi connectivity index (χ3v) is 3.75. The Morgan fingerprint density at radius 3 is 2.59 bits per heavy atom. The van der Waals surface area contributed by atoms with Crippen LogP contribution in [0.2, 0.25) is 0 Å². The lowest BCUT2D eigenvalue weighted by Gasteiger charge is -2.09. The molecule has 138 valence electrons. The Labute approximate surface area is 156 Å². The molecule has 0 aliphatic heterocycles. The Balaban J connectivity index is 1.51. The number of rotatable bonds is 7. The van der Waals surface area contributed by atoms with Gasteiger partial charge in [-0.2, -0.15) is 0 Å². The van der Waals surface area contributed by atoms with Gasteiger partial charge in [0.25, 0.3) is 5.91 Å². The number of pyridine rings is 1. The van der Waals surface area contributed by atoms with Crippen LogP contribution in [-0.4, -0.2) is 17.5 Å². The molecule has 0 unspecified atom stereocenters. The predicted molar refractivity (Wildman–Crippen MR) is 102 cm³/mol. The average Bonchev–Trinajstić information content (AvgIpc) is 2.67. The summed E-state index contributed by atoms with van der Waals surface area (Å²) in [5.74, 6) is 1.24. The lowest BCUT2D eigenvalue weighted by Crippen LogP contribution is -2.29. The van der Waals surface area contributed by atoms with E-state index < -0.39 is 0 Å². The summed E-state index contributed by atoms with van der Waals surface area (Å²) in [4.78, 5) is 26.6. The Morgan fingerprint density at radius 1 is 1.04 bits per heavy atom. The summed E-state index contributed by atoms with van der Waals surface area (Å²) in [5, 5.41) is 2.76. The molecule has 0 fully saturated rings. The number of benzene rings is 2. The smallest absolute Gasteiger partial charge is 0.258 e. The number of aromatic amines is 1. The van der Waals surface area contributed by atoms with Crippen LogP contribution < -0.4 is 20.2 Å². The number of hydrogen-bond donors (Lipinski definition) is 2. The number of carbonyl (C=O) groups is 1. The van der Waals surface area contributed by atoms with Crippen LogP contribution in [0.3, 0.4) is 0 Å². The topological polar surface area (TPSA) is 80.4 Å². The molecular weight excluding hydrogens is 344 g/mol. The van der Waals surface area contributed by atoms with Crippen LogP contribution in [0.25, 0.3) is 0 Å². The molecule has 0 radical (unpaired) electrons. The molecule has 0 saturated heterocycles. The maximum atomic E-state index is 12.0. The van der Waals surface area contributed by atoms with Crippen molar-refractivity contribution >= 4 is 5.91 Å². The monoisotopic (exact) mass is 364 g/mol. The minimum atomic E-state index is -0.315. The van der Waals surface area contributed by atoms with Crippen LogP contribution in [-0.2, 0) is 11.3 Å². The Hall–Kier alpha value is -3.54. The van der Waals surface area contributed by atoms with Crippen LogP contribution in [0, 0.1) is 6.92 Å². The number of hydrogen-bond acceptors (Lipinski definition) is 4. The molecule has 0 aliphatic rings. The van der Waals surface area contributed by atoms with Crippen LogP contribution in [0.5, 0.6) is 17.2 Å². The Kier molecular flexibility index (Phi) is 5.89. The minimum absolute atomic E-state index is 0.119. The molecule has 0 bridgehead atoms. The summed E-state index contributed by atoms with van der Waals surface area (Å²) < 4.78 is 11.0. The molecule has 1 aromatic heterocycles. The summed E-state index contributed by atoms with van der Waals surface area (Å²) in [7, 11) is 0. The van der Waals surface area contributed by atoms with E-state index in [-0.39, 0.29) is 23.7 Å². The van der Waals surface area contributed by atoms with Gasteiger partial charge in [-0.25, -0.2) is 0 Å². The van der Waals surface area contributed by atoms with E-state index in [0.717, 1.165) is 17.0 Å². The predicted octanol–water partition coefficient (Wildman–Crippen LogP) is 3.17. The zero-order valence-electron chi connectivity index (χ0n) is 14.9. The van der Waals surface area contributed by atoms with Crippen molar-refractivity contribution < 1.29 is 14.3 Å². The minimum Gasteiger partial charge on any atom is -0.478 e. The van der Waals surface area contributed by atoms with E-state index in [2.05, 4.69) is 10.3 Å². The maximum absolute atomic E-state index is 12.0. The Bertz CT molecular complexity index is 967. The second-order valence-corrected chi connectivity index (χ2v) is 5.97. The molecule has 6 nitrogen and oxygen atoms in total. The first kappa shape index (κ1) is 18.3. The highest BCUT2D eigenvalue weighted by molar-refractivity contribution is 5.77. The van der Waals surface area contributed by atoms with Crippen LogP contribution in [0.4, 0.5) is 0 Å². The number of ether oxygens (including phenoxy) is 2. The number of nitrogens with one attached hydrogen (secondary N) is 2. The zero-order chi connectivity index (χ0) is 19.1. The van der Waals surface area contributed by atoms with E-state index in [9.17, 15) is 9.59 Å². The van der Waals surface area contributed by atoms with Crippen LogP contribution in [0.15, 0.2) is 71.7 Å². The van der Waals surface area contributed by atoms with Crippen molar-refractivity contribution in [1.29, 1.82) is 0 Å². The largest absolute Gasteiger partial charge is 0.478 e. The van der Waals surface area contributed by atoms with E-state index in [4.69, 9.17) is 9.47 Å². The summed E-state index contributed by atoms with van der Waals surface area (Å²) in [5.41, 5.74) is 1.36. The van der Waals surface area contributed by atoms with Crippen LogP contribution in [0.1, 0.15) is 11.3 Å². The highest BCUT2D eigenvalue weighted by Gasteiger charge is 2.06. The molecule has 0 aliphatic carbocycles. The van der Waals surface area contributed by atoms with Crippen LogP contribution >= 0.6 is 0 Å². The summed E-state index contributed by atoms with van der Waals surface area (Å²) in [6.45, 7) is 1.87. The fraction of sp³-hybridized carbons (Fsp3) is 0.143. The first-order chi connectivity index (χ1) is 13.1. The van der Waals surface area contributed by atoms with Gasteiger partial charge in [0.05, 0.1) is 0 Å². The number of aromatic nitrogens is 1. The van der Waals surface area contributed by atoms with Crippen molar-refractivity contribution in [1.82, 2.24) is 10.3 Å². The van der Waals surface area contributed by atoms with Gasteiger partial charge in [-0.15, -0.1) is 0 Å². The van der Waals surface area contributed by atoms with Gasteiger partial charge in [0.2, 0.25) is 5.43 Å². The van der Waals surface area contributed by atoms with E-state index in [1.54, 1.807) is 6.92 Å². The SMILES string of the molecule is Cc1cc(=O)c(OCC(=O)NCc2cccc(Oc3ccccc3)c2)c[nH]1. The second-order valence-electron chi connectivity index (χ2n) is 5.97. The van der Waals surface area contributed by atoms with Crippen molar-refractivity contribution in [3.63, 3.8) is 0 Å². The van der Waals surface area contributed by atoms with Crippen molar-refractivity contribution in [2.24, 2.45) is 0 Å². The van der Waals surface area contributed by atoms with Gasteiger partial charge in [0.15, 0.2) is 12.4 Å². The van der Waals surface area contributed by atoms with Gasteiger partial charge in [-0.1, -0.05) is 30.3 Å². The normalized spacial score (nSPS) is 10.3. The average molecular weight is 364 g/mol. The lowest BCUT2D eigenvalue weighted by molar-refractivity contribution is -0.123. The molecular formula is C21H20N2O4. The van der Waals surface area contributed by atoms with Crippen molar-refractivity contribution in [3.8, 4) is 17.2 Å². The molecule has 1 heterocycles. The third-order valence-electron chi connectivity index (χ3n) is 3.75. The number of para-hydroxylation sites is 1. The summed E-state index contributed by atoms with van der Waals surface area (Å²) in [6, 6.07) is 18.4. The van der Waals surface area contributed by atoms with Crippen molar-refractivity contribution in [2.45, 2.75) is 13.5 Å². The van der Waals surface area contributed by atoms with E-state index >= 15 is 0 Å². The molecule has 0 saturated carbocycles. The number of amides is 1. The molecule has 1 amide bonds. The fourth-order valence-electron chi connectivity index (χ4n) is 2.41. The van der Waals surface area contributed by atoms with Gasteiger partial charge >= 0.3 is 0 Å². The third kappa shape index (κ3) is 5.47. The number of H-pyrrole nitrogens is 1. The second kappa shape index (κ2) is 8.71. The quantitative estimate of drug-likeness (QED) is 0.675. The number of aryl methyl sites for hydroxylation is 1. The van der Waals surface area contributed by atoms with Gasteiger partial charge in [0, 0.05) is 24.5 Å². The summed E-state index contributed by atoms with van der Waals surface area (Å²) in [6.07, 6.45) is 1.45. The zero-order valence-corrected chi connectivity index (χ0v) is 14.9. The van der Waals surface area contributed by atoms with E-state index in [0.29, 0.717) is 12.3 Å². The summed E-state index contributed by atoms with van der Waals surface area (Å²) >= 11 is 0. The van der Waals surface area contributed by atoms with E-state index in [1.165, 1.54) is 12.3 Å². The fourth-order valence-corrected chi connectivity index (χ4v) is 2.41. The molecule has 2 aromatic carbocycles. The first-order valence-electron chi connectivity index (χ1n) is 8.51. The van der Waals surface area contributed by atoms with E-state index in [1.807, 2.05) is 54.6 Å². The van der Waals surface area contributed by atoms with Gasteiger partial charge < -0.3 is 19.8 Å². The van der Waals surface area contributed by atoms with Gasteiger partial charge in [-0.05, 0) is 36.8 Å². The highest BCUT2D eigenvalue weighted by Crippen LogP contribution is 2.21. The van der Waals surface area contributed by atoms with Crippen molar-refractivity contribution in [3.05, 3.63) is 88.3 Å². The molecule has 0 atom stereocenters. The molecule has 0 spiro atoms. The molecule has 27 heavy (non-hydrogen) atoms. The molecule has 2 N–H and O–H groups in total. The highest BCUT2D eigenvalue weighted by atomic mass is 16.5.